The lowest BCUT2D eigenvalue weighted by atomic mass is 9.89. The molecule has 2 aliphatic heterocycles. The molecule has 96 valence electrons. The van der Waals surface area contributed by atoms with E-state index in [9.17, 15) is 0 Å². The molecule has 18 heavy (non-hydrogen) atoms. The Morgan fingerprint density at radius 2 is 2.06 bits per heavy atom. The Morgan fingerprint density at radius 3 is 2.78 bits per heavy atom. The summed E-state index contributed by atoms with van der Waals surface area (Å²) >= 11 is 0. The van der Waals surface area contributed by atoms with Crippen molar-refractivity contribution in [3.63, 3.8) is 0 Å². The molecular formula is C16H22N2. The summed E-state index contributed by atoms with van der Waals surface area (Å²) in [5.41, 5.74) is 4.15. The summed E-state index contributed by atoms with van der Waals surface area (Å²) in [6, 6.07) is 9.09. The second-order valence-electron chi connectivity index (χ2n) is 6.89. The number of anilines is 1. The molecule has 3 aliphatic rings. The number of rotatable bonds is 2. The molecule has 4 rings (SSSR count). The number of hydrogen-bond acceptors (Lipinski definition) is 2. The van der Waals surface area contributed by atoms with Crippen LogP contribution >= 0.6 is 0 Å². The van der Waals surface area contributed by atoms with E-state index < -0.39 is 0 Å². The Morgan fingerprint density at radius 1 is 1.22 bits per heavy atom. The zero-order chi connectivity index (χ0) is 12.2. The first kappa shape index (κ1) is 10.9. The molecule has 0 amide bonds. The first-order chi connectivity index (χ1) is 8.71. The number of fused-ring (bicyclic) bond motifs is 2. The molecular weight excluding hydrogens is 220 g/mol. The lowest BCUT2D eigenvalue weighted by Gasteiger charge is -2.31. The van der Waals surface area contributed by atoms with Crippen LogP contribution in [0.1, 0.15) is 31.7 Å². The van der Waals surface area contributed by atoms with E-state index in [1.54, 1.807) is 5.56 Å². The van der Waals surface area contributed by atoms with Crippen molar-refractivity contribution >= 4 is 5.69 Å². The number of para-hydroxylation sites is 1. The molecule has 1 aromatic carbocycles. The summed E-state index contributed by atoms with van der Waals surface area (Å²) in [7, 11) is 0. The van der Waals surface area contributed by atoms with Crippen LogP contribution in [0.4, 0.5) is 5.69 Å². The van der Waals surface area contributed by atoms with Crippen LogP contribution in [-0.2, 0) is 5.41 Å². The van der Waals surface area contributed by atoms with E-state index in [0.29, 0.717) is 10.8 Å². The first-order valence-electron chi connectivity index (χ1n) is 7.26. The highest BCUT2D eigenvalue weighted by Crippen LogP contribution is 2.56. The van der Waals surface area contributed by atoms with Crippen molar-refractivity contribution in [3.05, 3.63) is 29.8 Å². The standard InChI is InChI=1S/C16H22N2/c1-15(8-9-17-10-15)11-18-12-16(6-7-16)13-4-2-3-5-14(13)18/h2-5,17H,6-12H2,1H3. The minimum atomic E-state index is 0.466. The van der Waals surface area contributed by atoms with E-state index in [1.165, 1.54) is 51.1 Å². The van der Waals surface area contributed by atoms with Crippen molar-refractivity contribution in [1.29, 1.82) is 0 Å². The van der Waals surface area contributed by atoms with E-state index in [4.69, 9.17) is 0 Å². The maximum absolute atomic E-state index is 3.52. The molecule has 1 saturated carbocycles. The fraction of sp³-hybridized carbons (Fsp3) is 0.625. The van der Waals surface area contributed by atoms with Gasteiger partial charge in [0.1, 0.15) is 0 Å². The summed E-state index contributed by atoms with van der Waals surface area (Å²) in [5, 5.41) is 3.52. The van der Waals surface area contributed by atoms with Crippen LogP contribution in [0, 0.1) is 5.41 Å². The molecule has 0 bridgehead atoms. The molecule has 1 N–H and O–H groups in total. The summed E-state index contributed by atoms with van der Waals surface area (Å²) in [6.07, 6.45) is 4.11. The Hall–Kier alpha value is -1.02. The van der Waals surface area contributed by atoms with Crippen LogP contribution in [0.5, 0.6) is 0 Å². The van der Waals surface area contributed by atoms with Gasteiger partial charge >= 0.3 is 0 Å². The molecule has 2 heterocycles. The summed E-state index contributed by atoms with van der Waals surface area (Å²) in [5.74, 6) is 0. The lowest BCUT2D eigenvalue weighted by Crippen LogP contribution is -2.37. The second-order valence-corrected chi connectivity index (χ2v) is 6.89. The molecule has 0 radical (unpaired) electrons. The number of hydrogen-bond donors (Lipinski definition) is 1. The van der Waals surface area contributed by atoms with Crippen molar-refractivity contribution in [2.24, 2.45) is 5.41 Å². The third-order valence-corrected chi connectivity index (χ3v) is 5.19. The summed E-state index contributed by atoms with van der Waals surface area (Å²) in [6.45, 7) is 7.30. The maximum atomic E-state index is 3.52. The second kappa shape index (κ2) is 3.51. The first-order valence-corrected chi connectivity index (χ1v) is 7.26. The summed E-state index contributed by atoms with van der Waals surface area (Å²) in [4.78, 5) is 2.66. The average Bonchev–Trinajstić information content (AvgIpc) is 2.93. The van der Waals surface area contributed by atoms with Gasteiger partial charge in [0.25, 0.3) is 0 Å². The van der Waals surface area contributed by atoms with Crippen LogP contribution in [0.2, 0.25) is 0 Å². The van der Waals surface area contributed by atoms with Gasteiger partial charge in [-0.05, 0) is 42.9 Å². The smallest absolute Gasteiger partial charge is 0.0405 e. The van der Waals surface area contributed by atoms with Gasteiger partial charge in [0, 0.05) is 30.7 Å². The van der Waals surface area contributed by atoms with E-state index in [2.05, 4.69) is 41.4 Å². The number of benzene rings is 1. The zero-order valence-corrected chi connectivity index (χ0v) is 11.2. The third kappa shape index (κ3) is 1.51. The van der Waals surface area contributed by atoms with Crippen molar-refractivity contribution in [1.82, 2.24) is 5.32 Å². The van der Waals surface area contributed by atoms with Crippen molar-refractivity contribution < 1.29 is 0 Å². The van der Waals surface area contributed by atoms with Crippen LogP contribution in [0.15, 0.2) is 24.3 Å². The molecule has 2 heteroatoms. The van der Waals surface area contributed by atoms with Crippen LogP contribution in [0.3, 0.4) is 0 Å². The van der Waals surface area contributed by atoms with Crippen molar-refractivity contribution in [3.8, 4) is 0 Å². The van der Waals surface area contributed by atoms with Gasteiger partial charge in [-0.3, -0.25) is 0 Å². The molecule has 2 fully saturated rings. The quantitative estimate of drug-likeness (QED) is 0.857. The molecule has 1 aliphatic carbocycles. The Labute approximate surface area is 109 Å². The van der Waals surface area contributed by atoms with E-state index in [-0.39, 0.29) is 0 Å². The lowest BCUT2D eigenvalue weighted by molar-refractivity contribution is 0.364. The van der Waals surface area contributed by atoms with Crippen LogP contribution in [0.25, 0.3) is 0 Å². The van der Waals surface area contributed by atoms with E-state index in [0.717, 1.165) is 0 Å². The Bertz CT molecular complexity index is 470. The van der Waals surface area contributed by atoms with Gasteiger partial charge < -0.3 is 10.2 Å². The van der Waals surface area contributed by atoms with E-state index >= 15 is 0 Å². The van der Waals surface area contributed by atoms with Gasteiger partial charge in [-0.15, -0.1) is 0 Å². The van der Waals surface area contributed by atoms with Gasteiger partial charge in [0.2, 0.25) is 0 Å². The SMILES string of the molecule is CC1(CN2CC3(CC3)c3ccccc32)CCNC1. The minimum Gasteiger partial charge on any atom is -0.370 e. The average molecular weight is 242 g/mol. The van der Waals surface area contributed by atoms with Crippen molar-refractivity contribution in [2.45, 2.75) is 31.6 Å². The fourth-order valence-electron chi connectivity index (χ4n) is 3.92. The molecule has 0 aromatic heterocycles. The molecule has 1 saturated heterocycles. The summed E-state index contributed by atoms with van der Waals surface area (Å²) < 4.78 is 0. The molecule has 2 nitrogen and oxygen atoms in total. The monoisotopic (exact) mass is 242 g/mol. The maximum Gasteiger partial charge on any atom is 0.0405 e. The Kier molecular flexibility index (Phi) is 2.12. The fourth-order valence-corrected chi connectivity index (χ4v) is 3.92. The number of nitrogens with zero attached hydrogens (tertiary/aromatic N) is 1. The predicted octanol–water partition coefficient (Wildman–Crippen LogP) is 2.54. The van der Waals surface area contributed by atoms with Gasteiger partial charge in [-0.25, -0.2) is 0 Å². The third-order valence-electron chi connectivity index (χ3n) is 5.19. The highest BCUT2D eigenvalue weighted by atomic mass is 15.2. The largest absolute Gasteiger partial charge is 0.370 e. The van der Waals surface area contributed by atoms with E-state index in [1.807, 2.05) is 0 Å². The molecule has 1 atom stereocenters. The highest BCUT2D eigenvalue weighted by Gasteiger charge is 2.52. The van der Waals surface area contributed by atoms with Gasteiger partial charge in [0.15, 0.2) is 0 Å². The predicted molar refractivity (Wildman–Crippen MR) is 75.2 cm³/mol. The molecule has 1 aromatic rings. The van der Waals surface area contributed by atoms with Crippen LogP contribution in [-0.4, -0.2) is 26.2 Å². The highest BCUT2D eigenvalue weighted by molar-refractivity contribution is 5.64. The van der Waals surface area contributed by atoms with Crippen molar-refractivity contribution in [2.75, 3.05) is 31.1 Å². The van der Waals surface area contributed by atoms with Crippen LogP contribution < -0.4 is 10.2 Å². The van der Waals surface area contributed by atoms with Gasteiger partial charge in [-0.2, -0.15) is 0 Å². The molecule has 1 unspecified atom stereocenters. The van der Waals surface area contributed by atoms with Gasteiger partial charge in [0.05, 0.1) is 0 Å². The molecule has 1 spiro atoms. The number of nitrogens with one attached hydrogen (secondary N) is 1. The normalized spacial score (nSPS) is 31.9. The van der Waals surface area contributed by atoms with Gasteiger partial charge in [-0.1, -0.05) is 25.1 Å². The zero-order valence-electron chi connectivity index (χ0n) is 11.2. The Balaban J connectivity index is 1.64. The topological polar surface area (TPSA) is 15.3 Å². The minimum absolute atomic E-state index is 0.466.